The van der Waals surface area contributed by atoms with Gasteiger partial charge in [0.25, 0.3) is 0 Å². The summed E-state index contributed by atoms with van der Waals surface area (Å²) in [6, 6.07) is 5.75. The molecule has 3 aromatic rings. The topological polar surface area (TPSA) is 102 Å². The second kappa shape index (κ2) is 8.13. The van der Waals surface area contributed by atoms with Crippen molar-refractivity contribution in [1.29, 1.82) is 0 Å². The number of nitrogens with one attached hydrogen (secondary N) is 1. The molecule has 9 nitrogen and oxygen atoms in total. The van der Waals surface area contributed by atoms with Crippen molar-refractivity contribution in [1.82, 2.24) is 24.8 Å². The first-order chi connectivity index (χ1) is 14.7. The molecular weight excluding hydrogens is 404 g/mol. The molecule has 0 bridgehead atoms. The fraction of sp³-hybridized carbons (Fsp3) is 0.350. The van der Waals surface area contributed by atoms with Crippen molar-refractivity contribution in [2.75, 3.05) is 38.7 Å². The Hall–Kier alpha value is -2.82. The summed E-state index contributed by atoms with van der Waals surface area (Å²) in [5.74, 6) is 0.581. The van der Waals surface area contributed by atoms with Crippen molar-refractivity contribution in [2.45, 2.75) is 16.8 Å². The van der Waals surface area contributed by atoms with E-state index in [0.717, 1.165) is 54.6 Å². The number of morpholine rings is 1. The van der Waals surface area contributed by atoms with E-state index in [-0.39, 0.29) is 5.91 Å². The number of rotatable bonds is 5. The van der Waals surface area contributed by atoms with Gasteiger partial charge in [-0.1, -0.05) is 17.8 Å². The van der Waals surface area contributed by atoms with Gasteiger partial charge in [-0.05, 0) is 6.07 Å². The molecule has 10 heteroatoms. The van der Waals surface area contributed by atoms with Gasteiger partial charge in [-0.3, -0.25) is 9.69 Å². The lowest BCUT2D eigenvalue weighted by Gasteiger charge is -2.27. The molecule has 30 heavy (non-hydrogen) atoms. The average Bonchev–Trinajstić information content (AvgIpc) is 3.16. The smallest absolute Gasteiger partial charge is 0.244 e. The van der Waals surface area contributed by atoms with Crippen LogP contribution >= 0.6 is 11.8 Å². The zero-order chi connectivity index (χ0) is 20.5. The number of hydrogen-bond acceptors (Lipinski definition) is 9. The molecule has 5 rings (SSSR count). The van der Waals surface area contributed by atoms with Gasteiger partial charge in [-0.25, -0.2) is 19.9 Å². The van der Waals surface area contributed by atoms with Crippen LogP contribution in [0.25, 0.3) is 11.0 Å². The van der Waals surface area contributed by atoms with Crippen LogP contribution in [0.15, 0.2) is 35.9 Å². The number of amides is 1. The third kappa shape index (κ3) is 3.57. The Morgan fingerprint density at radius 3 is 2.83 bits per heavy atom. The van der Waals surface area contributed by atoms with Crippen LogP contribution in [0.2, 0.25) is 0 Å². The first kappa shape index (κ1) is 19.2. The zero-order valence-corrected chi connectivity index (χ0v) is 17.2. The van der Waals surface area contributed by atoms with E-state index in [1.165, 1.54) is 24.4 Å². The number of methoxy groups -OCH3 is 1. The number of anilines is 1. The fourth-order valence-corrected chi connectivity index (χ4v) is 4.79. The number of hydrogen-bond donors (Lipinski definition) is 1. The summed E-state index contributed by atoms with van der Waals surface area (Å²) in [4.78, 5) is 32.3. The Morgan fingerprint density at radius 1 is 1.23 bits per heavy atom. The van der Waals surface area contributed by atoms with Crippen molar-refractivity contribution < 1.29 is 14.3 Å². The lowest BCUT2D eigenvalue weighted by molar-refractivity contribution is -0.115. The van der Waals surface area contributed by atoms with Gasteiger partial charge in [0.1, 0.15) is 28.7 Å². The molecule has 154 valence electrons. The molecule has 1 amide bonds. The highest BCUT2D eigenvalue weighted by Gasteiger charge is 2.34. The number of aromatic nitrogens is 4. The lowest BCUT2D eigenvalue weighted by atomic mass is 10.1. The first-order valence-corrected chi connectivity index (χ1v) is 10.5. The van der Waals surface area contributed by atoms with Gasteiger partial charge in [-0.15, -0.1) is 0 Å². The number of carbonyl (C=O) groups is 1. The molecule has 2 aliphatic rings. The highest BCUT2D eigenvalue weighted by atomic mass is 32.2. The fourth-order valence-electron chi connectivity index (χ4n) is 3.69. The minimum Gasteiger partial charge on any atom is -0.496 e. The number of benzene rings is 1. The Kier molecular flexibility index (Phi) is 5.19. The van der Waals surface area contributed by atoms with Gasteiger partial charge in [-0.2, -0.15) is 0 Å². The summed E-state index contributed by atoms with van der Waals surface area (Å²) in [6.45, 7) is 4.08. The average molecular weight is 424 g/mol. The van der Waals surface area contributed by atoms with E-state index < -0.39 is 5.25 Å². The van der Waals surface area contributed by atoms with Crippen molar-refractivity contribution in [3.8, 4) is 5.75 Å². The molecule has 1 aromatic carbocycles. The SMILES string of the molecule is COc1cc(NC(=O)C2Sc3ncnc4ncnc2c34)ccc1CN1CCOCC1. The van der Waals surface area contributed by atoms with Crippen molar-refractivity contribution in [3.05, 3.63) is 42.1 Å². The highest BCUT2D eigenvalue weighted by Crippen LogP contribution is 2.46. The summed E-state index contributed by atoms with van der Waals surface area (Å²) >= 11 is 1.36. The van der Waals surface area contributed by atoms with E-state index in [1.807, 2.05) is 18.2 Å². The van der Waals surface area contributed by atoms with E-state index in [9.17, 15) is 4.79 Å². The molecule has 1 fully saturated rings. The number of thioether (sulfide) groups is 1. The van der Waals surface area contributed by atoms with E-state index >= 15 is 0 Å². The lowest BCUT2D eigenvalue weighted by Crippen LogP contribution is -2.35. The minimum absolute atomic E-state index is 0.166. The summed E-state index contributed by atoms with van der Waals surface area (Å²) in [5, 5.41) is 3.97. The van der Waals surface area contributed by atoms with Crippen LogP contribution in [0.4, 0.5) is 5.69 Å². The summed E-state index contributed by atoms with van der Waals surface area (Å²) in [7, 11) is 1.64. The molecule has 1 saturated heterocycles. The Labute approximate surface area is 177 Å². The molecule has 0 aliphatic carbocycles. The highest BCUT2D eigenvalue weighted by molar-refractivity contribution is 8.00. The molecule has 1 atom stereocenters. The zero-order valence-electron chi connectivity index (χ0n) is 16.4. The predicted octanol–water partition coefficient (Wildman–Crippen LogP) is 2.05. The van der Waals surface area contributed by atoms with Crippen LogP contribution in [-0.2, 0) is 16.1 Å². The Morgan fingerprint density at radius 2 is 2.03 bits per heavy atom. The maximum atomic E-state index is 13.0. The maximum absolute atomic E-state index is 13.0. The van der Waals surface area contributed by atoms with Crippen LogP contribution in [0.3, 0.4) is 0 Å². The Balaban J connectivity index is 1.34. The number of nitrogens with zero attached hydrogens (tertiary/aromatic N) is 5. The number of carbonyl (C=O) groups excluding carboxylic acids is 1. The summed E-state index contributed by atoms with van der Waals surface area (Å²) < 4.78 is 11.0. The van der Waals surface area contributed by atoms with E-state index in [0.29, 0.717) is 17.0 Å². The van der Waals surface area contributed by atoms with Gasteiger partial charge in [0.15, 0.2) is 5.65 Å². The van der Waals surface area contributed by atoms with Gasteiger partial charge < -0.3 is 14.8 Å². The van der Waals surface area contributed by atoms with Crippen LogP contribution in [0.5, 0.6) is 5.75 Å². The van der Waals surface area contributed by atoms with E-state index in [1.54, 1.807) is 7.11 Å². The second-order valence-corrected chi connectivity index (χ2v) is 8.13. The molecule has 0 spiro atoms. The molecule has 0 saturated carbocycles. The molecule has 1 N–H and O–H groups in total. The van der Waals surface area contributed by atoms with E-state index in [4.69, 9.17) is 9.47 Å². The van der Waals surface area contributed by atoms with Gasteiger partial charge in [0.05, 0.1) is 31.4 Å². The third-order valence-corrected chi connectivity index (χ3v) is 6.40. The first-order valence-electron chi connectivity index (χ1n) is 9.63. The van der Waals surface area contributed by atoms with Gasteiger partial charge in [0.2, 0.25) is 5.91 Å². The molecule has 4 heterocycles. The minimum atomic E-state index is -0.499. The molecular formula is C20H20N6O3S. The van der Waals surface area contributed by atoms with Crippen LogP contribution in [0, 0.1) is 0 Å². The van der Waals surface area contributed by atoms with Crippen molar-refractivity contribution >= 4 is 34.4 Å². The maximum Gasteiger partial charge on any atom is 0.244 e. The monoisotopic (exact) mass is 424 g/mol. The van der Waals surface area contributed by atoms with Crippen molar-refractivity contribution in [3.63, 3.8) is 0 Å². The summed E-state index contributed by atoms with van der Waals surface area (Å²) in [5.41, 5.74) is 2.96. The summed E-state index contributed by atoms with van der Waals surface area (Å²) in [6.07, 6.45) is 2.89. The molecule has 2 aromatic heterocycles. The second-order valence-electron chi connectivity index (χ2n) is 7.04. The number of ether oxygens (including phenoxy) is 2. The van der Waals surface area contributed by atoms with Gasteiger partial charge in [0, 0.05) is 37.0 Å². The van der Waals surface area contributed by atoms with Gasteiger partial charge >= 0.3 is 0 Å². The quantitative estimate of drug-likeness (QED) is 0.616. The largest absolute Gasteiger partial charge is 0.496 e. The standard InChI is InChI=1S/C20H20N6O3S/c1-28-14-8-13(3-2-12(14)9-26-4-6-29-7-5-26)25-19(27)17-16-15-18(22-10-21-16)23-11-24-20(15)30-17/h2-3,8,10-11,17H,4-7,9H2,1H3,(H,25,27). The Bertz CT molecular complexity index is 1100. The molecule has 2 aliphatic heterocycles. The van der Waals surface area contributed by atoms with E-state index in [2.05, 4.69) is 30.2 Å². The van der Waals surface area contributed by atoms with Crippen LogP contribution in [0.1, 0.15) is 16.5 Å². The normalized spacial score (nSPS) is 18.5. The van der Waals surface area contributed by atoms with Crippen LogP contribution in [-0.4, -0.2) is 64.2 Å². The molecule has 0 radical (unpaired) electrons. The van der Waals surface area contributed by atoms with Crippen molar-refractivity contribution in [2.24, 2.45) is 0 Å². The predicted molar refractivity (Wildman–Crippen MR) is 111 cm³/mol. The molecule has 1 unspecified atom stereocenters. The van der Waals surface area contributed by atoms with Crippen LogP contribution < -0.4 is 10.1 Å². The third-order valence-electron chi connectivity index (χ3n) is 5.19.